The van der Waals surface area contributed by atoms with Crippen molar-refractivity contribution in [1.29, 1.82) is 5.41 Å². The van der Waals surface area contributed by atoms with Crippen molar-refractivity contribution in [2.45, 2.75) is 71.0 Å². The topological polar surface area (TPSA) is 108 Å². The number of carbonyl (C=O) groups excluding carboxylic acids is 2. The second-order valence-electron chi connectivity index (χ2n) is 7.67. The van der Waals surface area contributed by atoms with Crippen LogP contribution in [-0.2, 0) is 15.0 Å². The third-order valence-electron chi connectivity index (χ3n) is 4.35. The molecule has 0 aromatic carbocycles. The summed E-state index contributed by atoms with van der Waals surface area (Å²) in [7, 11) is 0. The van der Waals surface area contributed by atoms with Gasteiger partial charge in [0.1, 0.15) is 5.76 Å². The maximum atomic E-state index is 12.3. The van der Waals surface area contributed by atoms with Crippen LogP contribution in [0.4, 0.5) is 13.2 Å². The van der Waals surface area contributed by atoms with Crippen molar-refractivity contribution < 1.29 is 27.2 Å². The lowest BCUT2D eigenvalue weighted by Gasteiger charge is -2.26. The first-order valence-corrected chi connectivity index (χ1v) is 8.82. The number of imide groups is 1. The van der Waals surface area contributed by atoms with E-state index >= 15 is 0 Å². The maximum Gasteiger partial charge on any atom is 0.389 e. The van der Waals surface area contributed by atoms with Crippen LogP contribution in [0.3, 0.4) is 0 Å². The average Bonchev–Trinajstić information content (AvgIpc) is 2.97. The Morgan fingerprint density at radius 1 is 1.21 bits per heavy atom. The maximum absolute atomic E-state index is 12.3. The molecule has 28 heavy (non-hydrogen) atoms. The van der Waals surface area contributed by atoms with Gasteiger partial charge in [0.05, 0.1) is 23.6 Å². The fourth-order valence-corrected chi connectivity index (χ4v) is 2.28. The molecular formula is C18H27F3N4O3. The normalized spacial score (nSPS) is 12.7. The summed E-state index contributed by atoms with van der Waals surface area (Å²) in [5, 5.41) is 13.1. The molecule has 1 aromatic rings. The van der Waals surface area contributed by atoms with E-state index in [1.165, 1.54) is 20.0 Å². The smallest absolute Gasteiger partial charge is 0.389 e. The van der Waals surface area contributed by atoms with E-state index in [2.05, 4.69) is 15.6 Å². The quantitative estimate of drug-likeness (QED) is 0.433. The van der Waals surface area contributed by atoms with E-state index in [0.717, 1.165) is 0 Å². The summed E-state index contributed by atoms with van der Waals surface area (Å²) < 4.78 is 41.9. The highest BCUT2D eigenvalue weighted by molar-refractivity contribution is 6.09. The number of carbonyl (C=O) groups is 2. The summed E-state index contributed by atoms with van der Waals surface area (Å²) in [5.74, 6) is -0.482. The van der Waals surface area contributed by atoms with Crippen LogP contribution in [0, 0.1) is 12.3 Å². The number of nitrogens with zero attached hydrogens (tertiary/aromatic N) is 1. The molecule has 3 N–H and O–H groups in total. The molecule has 0 unspecified atom stereocenters. The molecular weight excluding hydrogens is 377 g/mol. The molecule has 0 bridgehead atoms. The Hall–Kier alpha value is -2.23. The molecule has 0 atom stereocenters. The highest BCUT2D eigenvalue weighted by atomic mass is 19.4. The van der Waals surface area contributed by atoms with Crippen LogP contribution in [0.25, 0.3) is 0 Å². The first-order valence-electron chi connectivity index (χ1n) is 8.82. The molecule has 0 aliphatic rings. The summed E-state index contributed by atoms with van der Waals surface area (Å²) >= 11 is 0. The number of nitrogens with one attached hydrogen (secondary N) is 3. The predicted molar refractivity (Wildman–Crippen MR) is 97.1 cm³/mol. The molecule has 1 rings (SSSR count). The van der Waals surface area contributed by atoms with Gasteiger partial charge in [-0.2, -0.15) is 13.2 Å². The number of aromatic nitrogens is 1. The van der Waals surface area contributed by atoms with Gasteiger partial charge in [0.25, 0.3) is 0 Å². The Labute approximate surface area is 162 Å². The second-order valence-corrected chi connectivity index (χ2v) is 7.67. The summed E-state index contributed by atoms with van der Waals surface area (Å²) in [6.45, 7) is 7.98. The Balaban J connectivity index is 2.56. The van der Waals surface area contributed by atoms with Crippen molar-refractivity contribution in [2.75, 3.05) is 6.54 Å². The van der Waals surface area contributed by atoms with Crippen LogP contribution < -0.4 is 10.6 Å². The summed E-state index contributed by atoms with van der Waals surface area (Å²) in [4.78, 5) is 28.4. The fourth-order valence-electron chi connectivity index (χ4n) is 2.28. The molecule has 0 aliphatic heterocycles. The van der Waals surface area contributed by atoms with Crippen LogP contribution in [0.1, 0.15) is 58.6 Å². The van der Waals surface area contributed by atoms with Gasteiger partial charge in [-0.25, -0.2) is 4.98 Å². The lowest BCUT2D eigenvalue weighted by atomic mass is 9.83. The molecule has 1 heterocycles. The number of halogens is 3. The van der Waals surface area contributed by atoms with Crippen molar-refractivity contribution in [3.63, 3.8) is 0 Å². The van der Waals surface area contributed by atoms with E-state index < -0.39 is 35.4 Å². The zero-order valence-corrected chi connectivity index (χ0v) is 16.7. The zero-order chi connectivity index (χ0) is 21.8. The molecule has 0 spiro atoms. The highest BCUT2D eigenvalue weighted by Crippen LogP contribution is 2.26. The van der Waals surface area contributed by atoms with Crippen molar-refractivity contribution in [3.05, 3.63) is 17.8 Å². The number of amides is 2. The van der Waals surface area contributed by atoms with E-state index in [0.29, 0.717) is 11.7 Å². The van der Waals surface area contributed by atoms with Gasteiger partial charge in [-0.1, -0.05) is 0 Å². The van der Waals surface area contributed by atoms with Crippen molar-refractivity contribution in [3.8, 4) is 0 Å². The SMILES string of the molecule is Cc1ncc(C(C)(C)C(=N)CC(=O)NC(=O)C(C)(C)NCCCC(F)(F)F)o1. The van der Waals surface area contributed by atoms with Crippen LogP contribution in [0.15, 0.2) is 10.6 Å². The van der Waals surface area contributed by atoms with Gasteiger partial charge in [0, 0.05) is 19.1 Å². The van der Waals surface area contributed by atoms with E-state index in [-0.39, 0.29) is 25.1 Å². The van der Waals surface area contributed by atoms with Crippen molar-refractivity contribution >= 4 is 17.5 Å². The number of hydrogen-bond donors (Lipinski definition) is 3. The third kappa shape index (κ3) is 7.06. The van der Waals surface area contributed by atoms with E-state index in [9.17, 15) is 22.8 Å². The van der Waals surface area contributed by atoms with E-state index in [4.69, 9.17) is 9.83 Å². The molecule has 0 fully saturated rings. The van der Waals surface area contributed by atoms with Crippen LogP contribution >= 0.6 is 0 Å². The fraction of sp³-hybridized carbons (Fsp3) is 0.667. The molecule has 158 valence electrons. The first-order chi connectivity index (χ1) is 12.6. The number of aryl methyl sites for hydroxylation is 1. The lowest BCUT2D eigenvalue weighted by molar-refractivity contribution is -0.135. The van der Waals surface area contributed by atoms with Gasteiger partial charge >= 0.3 is 6.18 Å². The van der Waals surface area contributed by atoms with E-state index in [1.807, 2.05) is 0 Å². The average molecular weight is 404 g/mol. The Bertz CT molecular complexity index is 724. The number of oxazole rings is 1. The third-order valence-corrected chi connectivity index (χ3v) is 4.35. The van der Waals surface area contributed by atoms with E-state index in [1.54, 1.807) is 20.8 Å². The largest absolute Gasteiger partial charge is 0.445 e. The van der Waals surface area contributed by atoms with Crippen LogP contribution in [0.5, 0.6) is 0 Å². The highest BCUT2D eigenvalue weighted by Gasteiger charge is 2.34. The monoisotopic (exact) mass is 404 g/mol. The van der Waals surface area contributed by atoms with Gasteiger partial charge in [0.2, 0.25) is 11.8 Å². The van der Waals surface area contributed by atoms with Gasteiger partial charge in [-0.05, 0) is 40.7 Å². The second kappa shape index (κ2) is 8.85. The predicted octanol–water partition coefficient (Wildman–Crippen LogP) is 3.02. The van der Waals surface area contributed by atoms with Gasteiger partial charge in [-0.3, -0.25) is 14.9 Å². The molecule has 0 radical (unpaired) electrons. The Morgan fingerprint density at radius 3 is 2.32 bits per heavy atom. The standard InChI is InChI=1S/C18H27F3N4O3/c1-11-23-10-13(28-11)16(2,3)12(22)9-14(26)25-15(27)17(4,5)24-8-6-7-18(19,20)21/h10,22,24H,6-9H2,1-5H3,(H,25,26,27). The van der Waals surface area contributed by atoms with Gasteiger partial charge in [-0.15, -0.1) is 0 Å². The van der Waals surface area contributed by atoms with Crippen LogP contribution in [0.2, 0.25) is 0 Å². The number of hydrogen-bond acceptors (Lipinski definition) is 6. The molecule has 0 saturated carbocycles. The molecule has 0 saturated heterocycles. The molecule has 1 aromatic heterocycles. The van der Waals surface area contributed by atoms with Gasteiger partial charge in [0.15, 0.2) is 5.89 Å². The minimum Gasteiger partial charge on any atom is -0.445 e. The first kappa shape index (κ1) is 23.8. The molecule has 7 nitrogen and oxygen atoms in total. The van der Waals surface area contributed by atoms with Gasteiger partial charge < -0.3 is 15.1 Å². The van der Waals surface area contributed by atoms with Crippen LogP contribution in [-0.4, -0.2) is 40.8 Å². The number of alkyl halides is 3. The lowest BCUT2D eigenvalue weighted by Crippen LogP contribution is -2.54. The summed E-state index contributed by atoms with van der Waals surface area (Å²) in [5.41, 5.74) is -2.08. The van der Waals surface area contributed by atoms with Crippen molar-refractivity contribution in [2.24, 2.45) is 0 Å². The molecule has 2 amide bonds. The Kier molecular flexibility index (Phi) is 7.52. The Morgan fingerprint density at radius 2 is 1.82 bits per heavy atom. The molecule has 0 aliphatic carbocycles. The minimum atomic E-state index is -4.25. The number of rotatable bonds is 9. The minimum absolute atomic E-state index is 0.0260. The zero-order valence-electron chi connectivity index (χ0n) is 16.7. The summed E-state index contributed by atoms with van der Waals surface area (Å²) in [6.07, 6.45) is -4.23. The summed E-state index contributed by atoms with van der Waals surface area (Å²) in [6, 6.07) is 0. The van der Waals surface area contributed by atoms with Crippen molar-refractivity contribution in [1.82, 2.24) is 15.6 Å². The molecule has 10 heteroatoms.